The highest BCUT2D eigenvalue weighted by atomic mass is 16.5. The van der Waals surface area contributed by atoms with Crippen LogP contribution in [0.25, 0.3) is 0 Å². The van der Waals surface area contributed by atoms with Crippen LogP contribution in [0.3, 0.4) is 0 Å². The first kappa shape index (κ1) is 16.7. The van der Waals surface area contributed by atoms with Crippen molar-refractivity contribution in [1.82, 2.24) is 0 Å². The number of rotatable bonds is 6. The second-order valence-corrected chi connectivity index (χ2v) is 5.38. The van der Waals surface area contributed by atoms with Gasteiger partial charge in [0.2, 0.25) is 0 Å². The summed E-state index contributed by atoms with van der Waals surface area (Å²) in [6, 6.07) is 11.4. The van der Waals surface area contributed by atoms with Crippen LogP contribution in [0.2, 0.25) is 0 Å². The second kappa shape index (κ2) is 7.55. The van der Waals surface area contributed by atoms with E-state index in [1.54, 1.807) is 25.3 Å². The van der Waals surface area contributed by atoms with Crippen LogP contribution < -0.4 is 14.2 Å². The third-order valence-electron chi connectivity index (χ3n) is 3.67. The summed E-state index contributed by atoms with van der Waals surface area (Å²) in [5.74, 6) is 2.04. The molecule has 0 amide bonds. The predicted molar refractivity (Wildman–Crippen MR) is 89.4 cm³/mol. The average molecular weight is 311 g/mol. The normalized spacial score (nSPS) is 10.0. The minimum absolute atomic E-state index is 0.355. The molecule has 0 spiro atoms. The molecule has 0 saturated carbocycles. The lowest BCUT2D eigenvalue weighted by Gasteiger charge is -2.13. The Morgan fingerprint density at radius 2 is 1.65 bits per heavy atom. The van der Waals surface area contributed by atoms with Gasteiger partial charge in [-0.1, -0.05) is 6.07 Å². The number of nitrogens with zero attached hydrogens (tertiary/aromatic N) is 1. The van der Waals surface area contributed by atoms with Crippen molar-refractivity contribution in [2.75, 3.05) is 20.3 Å². The Balaban J connectivity index is 1.97. The molecule has 0 aliphatic heterocycles. The van der Waals surface area contributed by atoms with Crippen LogP contribution in [-0.2, 0) is 0 Å². The number of hydrogen-bond acceptors (Lipinski definition) is 4. The van der Waals surface area contributed by atoms with E-state index in [1.807, 2.05) is 19.9 Å². The molecule has 0 radical (unpaired) electrons. The maximum Gasteiger partial charge on any atom is 0.140 e. The number of nitriles is 1. The quantitative estimate of drug-likeness (QED) is 0.758. The molecule has 0 aliphatic rings. The highest BCUT2D eigenvalue weighted by molar-refractivity contribution is 5.47. The molecule has 4 nitrogen and oxygen atoms in total. The fourth-order valence-corrected chi connectivity index (χ4v) is 2.30. The van der Waals surface area contributed by atoms with Crippen LogP contribution in [0.15, 0.2) is 30.3 Å². The largest absolute Gasteiger partial charge is 0.497 e. The van der Waals surface area contributed by atoms with Crippen LogP contribution in [-0.4, -0.2) is 20.3 Å². The molecule has 0 unspecified atom stereocenters. The van der Waals surface area contributed by atoms with E-state index >= 15 is 0 Å². The molecule has 0 bridgehead atoms. The lowest BCUT2D eigenvalue weighted by molar-refractivity contribution is 0.215. The zero-order chi connectivity index (χ0) is 16.8. The minimum atomic E-state index is 0.355. The zero-order valence-electron chi connectivity index (χ0n) is 14.0. The van der Waals surface area contributed by atoms with Gasteiger partial charge in [-0.05, 0) is 55.7 Å². The molecule has 0 fully saturated rings. The molecule has 4 heteroatoms. The molecule has 0 heterocycles. The topological polar surface area (TPSA) is 51.5 Å². The first-order valence-electron chi connectivity index (χ1n) is 7.46. The fraction of sp³-hybridized carbons (Fsp3) is 0.316. The molecule has 2 aromatic rings. The smallest absolute Gasteiger partial charge is 0.140 e. The highest BCUT2D eigenvalue weighted by Gasteiger charge is 2.07. The Labute approximate surface area is 137 Å². The van der Waals surface area contributed by atoms with Crippen LogP contribution in [0.1, 0.15) is 22.3 Å². The van der Waals surface area contributed by atoms with Gasteiger partial charge in [0.05, 0.1) is 12.7 Å². The van der Waals surface area contributed by atoms with Crippen molar-refractivity contribution in [3.8, 4) is 23.3 Å². The molecular formula is C19H21NO3. The van der Waals surface area contributed by atoms with Gasteiger partial charge >= 0.3 is 0 Å². The van der Waals surface area contributed by atoms with E-state index in [4.69, 9.17) is 19.5 Å². The van der Waals surface area contributed by atoms with Crippen LogP contribution in [0.5, 0.6) is 17.2 Å². The summed E-state index contributed by atoms with van der Waals surface area (Å²) in [6.07, 6.45) is 0. The number of aryl methyl sites for hydroxylation is 2. The Kier molecular flexibility index (Phi) is 5.48. The van der Waals surface area contributed by atoms with Gasteiger partial charge in [-0.3, -0.25) is 0 Å². The average Bonchev–Trinajstić information content (AvgIpc) is 2.55. The summed E-state index contributed by atoms with van der Waals surface area (Å²) in [5.41, 5.74) is 3.99. The van der Waals surface area contributed by atoms with Crippen molar-refractivity contribution >= 4 is 0 Å². The first-order valence-corrected chi connectivity index (χ1v) is 7.46. The van der Waals surface area contributed by atoms with Crippen molar-refractivity contribution in [2.24, 2.45) is 0 Å². The van der Waals surface area contributed by atoms with Gasteiger partial charge in [-0.15, -0.1) is 0 Å². The molecule has 0 aliphatic carbocycles. The SMILES string of the molecule is COc1ccc(C#N)c(OCCOc2cc(C)cc(C)c2C)c1. The molecule has 0 saturated heterocycles. The second-order valence-electron chi connectivity index (χ2n) is 5.38. The van der Waals surface area contributed by atoms with Gasteiger partial charge in [-0.2, -0.15) is 5.26 Å². The van der Waals surface area contributed by atoms with E-state index in [0.29, 0.717) is 30.3 Å². The van der Waals surface area contributed by atoms with E-state index in [2.05, 4.69) is 19.1 Å². The third kappa shape index (κ3) is 4.17. The lowest BCUT2D eigenvalue weighted by atomic mass is 10.1. The minimum Gasteiger partial charge on any atom is -0.497 e. The molecule has 120 valence electrons. The number of benzene rings is 2. The van der Waals surface area contributed by atoms with Crippen molar-refractivity contribution in [1.29, 1.82) is 5.26 Å². The molecule has 0 aromatic heterocycles. The third-order valence-corrected chi connectivity index (χ3v) is 3.67. The zero-order valence-corrected chi connectivity index (χ0v) is 14.0. The Morgan fingerprint density at radius 1 is 0.957 bits per heavy atom. The maximum atomic E-state index is 9.11. The van der Waals surface area contributed by atoms with Crippen molar-refractivity contribution in [3.63, 3.8) is 0 Å². The van der Waals surface area contributed by atoms with E-state index in [1.165, 1.54) is 11.1 Å². The molecule has 2 aromatic carbocycles. The van der Waals surface area contributed by atoms with Crippen molar-refractivity contribution in [3.05, 3.63) is 52.6 Å². The van der Waals surface area contributed by atoms with Gasteiger partial charge in [-0.25, -0.2) is 0 Å². The fourth-order valence-electron chi connectivity index (χ4n) is 2.30. The van der Waals surface area contributed by atoms with E-state index in [0.717, 1.165) is 11.3 Å². The standard InChI is InChI=1S/C19H21NO3/c1-13-9-14(2)15(3)18(10-13)22-7-8-23-19-11-17(21-4)6-5-16(19)12-20/h5-6,9-11H,7-8H2,1-4H3. The highest BCUT2D eigenvalue weighted by Crippen LogP contribution is 2.25. The lowest BCUT2D eigenvalue weighted by Crippen LogP contribution is -2.10. The molecule has 2 rings (SSSR count). The Morgan fingerprint density at radius 3 is 2.30 bits per heavy atom. The van der Waals surface area contributed by atoms with Gasteiger partial charge < -0.3 is 14.2 Å². The van der Waals surface area contributed by atoms with Crippen LogP contribution >= 0.6 is 0 Å². The summed E-state index contributed by atoms with van der Waals surface area (Å²) in [6.45, 7) is 6.92. The van der Waals surface area contributed by atoms with Gasteiger partial charge in [0.1, 0.15) is 36.5 Å². The van der Waals surface area contributed by atoms with Gasteiger partial charge in [0.25, 0.3) is 0 Å². The monoisotopic (exact) mass is 311 g/mol. The molecular weight excluding hydrogens is 290 g/mol. The Bertz CT molecular complexity index is 732. The molecule has 0 atom stereocenters. The van der Waals surface area contributed by atoms with Crippen molar-refractivity contribution < 1.29 is 14.2 Å². The van der Waals surface area contributed by atoms with Gasteiger partial charge in [0.15, 0.2) is 0 Å². The summed E-state index contributed by atoms with van der Waals surface area (Å²) in [7, 11) is 1.58. The number of ether oxygens (including phenoxy) is 3. The predicted octanol–water partition coefficient (Wildman–Crippen LogP) is 3.95. The summed E-state index contributed by atoms with van der Waals surface area (Å²) < 4.78 is 16.6. The summed E-state index contributed by atoms with van der Waals surface area (Å²) in [5, 5.41) is 9.11. The summed E-state index contributed by atoms with van der Waals surface area (Å²) in [4.78, 5) is 0. The van der Waals surface area contributed by atoms with Crippen molar-refractivity contribution in [2.45, 2.75) is 20.8 Å². The number of hydrogen-bond donors (Lipinski definition) is 0. The van der Waals surface area contributed by atoms with Crippen LogP contribution in [0.4, 0.5) is 0 Å². The van der Waals surface area contributed by atoms with E-state index in [9.17, 15) is 0 Å². The summed E-state index contributed by atoms with van der Waals surface area (Å²) >= 11 is 0. The van der Waals surface area contributed by atoms with Gasteiger partial charge in [0, 0.05) is 6.07 Å². The number of methoxy groups -OCH3 is 1. The van der Waals surface area contributed by atoms with E-state index in [-0.39, 0.29) is 0 Å². The van der Waals surface area contributed by atoms with Crippen LogP contribution in [0, 0.1) is 32.1 Å². The Hall–Kier alpha value is -2.67. The molecule has 23 heavy (non-hydrogen) atoms. The molecule has 0 N–H and O–H groups in total. The first-order chi connectivity index (χ1) is 11.0. The van der Waals surface area contributed by atoms with E-state index < -0.39 is 0 Å². The maximum absolute atomic E-state index is 9.11.